The van der Waals surface area contributed by atoms with Crippen LogP contribution in [0.15, 0.2) is 71.2 Å². The van der Waals surface area contributed by atoms with Crippen LogP contribution in [0, 0.1) is 0 Å². The third kappa shape index (κ3) is 4.22. The number of ether oxygens (including phenoxy) is 5. The van der Waals surface area contributed by atoms with Gasteiger partial charge in [0.1, 0.15) is 30.5 Å². The molecule has 1 saturated carbocycles. The van der Waals surface area contributed by atoms with Crippen LogP contribution in [-0.2, 0) is 25.5 Å². The Balaban J connectivity index is 1.71. The largest absolute Gasteiger partial charge is 0.491 e. The highest BCUT2D eigenvalue weighted by atomic mass is 79.9. The molecule has 3 aromatic rings. The van der Waals surface area contributed by atoms with Crippen LogP contribution in [-0.4, -0.2) is 51.5 Å². The number of aliphatic hydroxyl groups is 1. The Bertz CT molecular complexity index is 1260. The Kier molecular flexibility index (Phi) is 7.27. The van der Waals surface area contributed by atoms with E-state index in [9.17, 15) is 9.90 Å². The number of fused-ring (bicyclic) bond motifs is 3. The average molecular weight is 569 g/mol. The Morgan fingerprint density at radius 1 is 0.946 bits per heavy atom. The molecule has 1 fully saturated rings. The van der Waals surface area contributed by atoms with E-state index in [1.54, 1.807) is 26.4 Å². The number of Topliss-reactive ketones (excluding diaryl/α,β-unsaturated/α-hetero) is 1. The smallest absolute Gasteiger partial charge is 0.200 e. The summed E-state index contributed by atoms with van der Waals surface area (Å²) >= 11 is 3.50. The maximum absolute atomic E-state index is 13.9. The summed E-state index contributed by atoms with van der Waals surface area (Å²) in [6.07, 6.45) is 0.111. The first kappa shape index (κ1) is 25.7. The van der Waals surface area contributed by atoms with Crippen LogP contribution in [0.5, 0.6) is 17.2 Å². The Morgan fingerprint density at radius 2 is 1.62 bits per heavy atom. The Labute approximate surface area is 224 Å². The molecule has 1 aliphatic heterocycles. The van der Waals surface area contributed by atoms with E-state index in [4.69, 9.17) is 23.7 Å². The molecule has 1 aliphatic carbocycles. The molecule has 2 aliphatic rings. The summed E-state index contributed by atoms with van der Waals surface area (Å²) < 4.78 is 29.9. The topological polar surface area (TPSA) is 83.5 Å². The second kappa shape index (κ2) is 10.5. The van der Waals surface area contributed by atoms with Crippen molar-refractivity contribution in [1.82, 2.24) is 0 Å². The minimum absolute atomic E-state index is 0.111. The molecule has 37 heavy (non-hydrogen) atoms. The van der Waals surface area contributed by atoms with Crippen molar-refractivity contribution < 1.29 is 33.6 Å². The third-order valence-electron chi connectivity index (χ3n) is 7.07. The SMILES string of the molecule is COCCOc1cc(OCCOC)c2c(c1)OC1(c3ccc(Br)cc3)C(c3ccccc3)CC(=O)C21O. The standard InChI is InChI=1S/C29H29BrO7/c1-33-12-14-35-22-16-24(36-15-13-34-2)27-25(17-22)37-29(20-8-10-21(30)11-9-20)23(18-26(31)28(27,29)32)19-6-4-3-5-7-19/h3-11,16-17,23,32H,12-15,18H2,1-2H3. The predicted octanol–water partition coefficient (Wildman–Crippen LogP) is 4.73. The van der Waals surface area contributed by atoms with Crippen LogP contribution in [0.3, 0.4) is 0 Å². The van der Waals surface area contributed by atoms with Crippen molar-refractivity contribution in [3.05, 3.63) is 87.9 Å². The van der Waals surface area contributed by atoms with Gasteiger partial charge in [-0.1, -0.05) is 58.4 Å². The lowest BCUT2D eigenvalue weighted by atomic mass is 9.71. The molecule has 0 aromatic heterocycles. The third-order valence-corrected chi connectivity index (χ3v) is 7.60. The van der Waals surface area contributed by atoms with Gasteiger partial charge in [-0.25, -0.2) is 0 Å². The molecule has 0 spiro atoms. The highest BCUT2D eigenvalue weighted by Gasteiger charge is 2.74. The van der Waals surface area contributed by atoms with Gasteiger partial charge in [0.05, 0.1) is 18.8 Å². The van der Waals surface area contributed by atoms with Gasteiger partial charge in [0, 0.05) is 43.2 Å². The first-order valence-corrected chi connectivity index (χ1v) is 12.9. The number of hydrogen-bond donors (Lipinski definition) is 1. The first-order chi connectivity index (χ1) is 18.0. The van der Waals surface area contributed by atoms with Gasteiger partial charge in [-0.05, 0) is 23.3 Å². The summed E-state index contributed by atoms with van der Waals surface area (Å²) in [6, 6.07) is 20.6. The monoisotopic (exact) mass is 568 g/mol. The fourth-order valence-corrected chi connectivity index (χ4v) is 5.73. The number of halogens is 1. The van der Waals surface area contributed by atoms with Crippen LogP contribution in [0.4, 0.5) is 0 Å². The van der Waals surface area contributed by atoms with Crippen LogP contribution < -0.4 is 14.2 Å². The van der Waals surface area contributed by atoms with E-state index in [2.05, 4.69) is 15.9 Å². The molecule has 1 heterocycles. The molecule has 3 unspecified atom stereocenters. The molecule has 0 bridgehead atoms. The molecule has 3 atom stereocenters. The van der Waals surface area contributed by atoms with Crippen molar-refractivity contribution in [1.29, 1.82) is 0 Å². The molecule has 194 valence electrons. The molecule has 7 nitrogen and oxygen atoms in total. The number of benzene rings is 3. The van der Waals surface area contributed by atoms with Crippen LogP contribution in [0.2, 0.25) is 0 Å². The maximum Gasteiger partial charge on any atom is 0.200 e. The number of hydrogen-bond acceptors (Lipinski definition) is 7. The lowest BCUT2D eigenvalue weighted by Gasteiger charge is -2.39. The summed E-state index contributed by atoms with van der Waals surface area (Å²) in [5, 5.41) is 12.5. The molecule has 3 aromatic carbocycles. The van der Waals surface area contributed by atoms with Gasteiger partial charge in [0.15, 0.2) is 17.0 Å². The highest BCUT2D eigenvalue weighted by Crippen LogP contribution is 2.67. The number of carbonyl (C=O) groups excluding carboxylic acids is 1. The van der Waals surface area contributed by atoms with E-state index >= 15 is 0 Å². The summed E-state index contributed by atoms with van der Waals surface area (Å²) in [5.41, 5.74) is -1.47. The second-order valence-corrected chi connectivity index (χ2v) is 10.0. The van der Waals surface area contributed by atoms with Gasteiger partial charge < -0.3 is 28.8 Å². The second-order valence-electron chi connectivity index (χ2n) is 9.12. The van der Waals surface area contributed by atoms with Crippen molar-refractivity contribution in [3.63, 3.8) is 0 Å². The van der Waals surface area contributed by atoms with Crippen molar-refractivity contribution in [2.75, 3.05) is 40.6 Å². The quantitative estimate of drug-likeness (QED) is 0.354. The number of carbonyl (C=O) groups is 1. The molecule has 0 radical (unpaired) electrons. The van der Waals surface area contributed by atoms with Crippen LogP contribution >= 0.6 is 15.9 Å². The van der Waals surface area contributed by atoms with Crippen molar-refractivity contribution in [2.24, 2.45) is 0 Å². The zero-order valence-electron chi connectivity index (χ0n) is 20.7. The number of rotatable bonds is 10. The van der Waals surface area contributed by atoms with Crippen molar-refractivity contribution in [2.45, 2.75) is 23.5 Å². The van der Waals surface area contributed by atoms with Crippen LogP contribution in [0.1, 0.15) is 29.0 Å². The van der Waals surface area contributed by atoms with Gasteiger partial charge in [-0.3, -0.25) is 4.79 Å². The fourth-order valence-electron chi connectivity index (χ4n) is 5.46. The van der Waals surface area contributed by atoms with Gasteiger partial charge in [-0.15, -0.1) is 0 Å². The minimum atomic E-state index is -1.98. The maximum atomic E-state index is 13.9. The van der Waals surface area contributed by atoms with E-state index in [1.807, 2.05) is 54.6 Å². The van der Waals surface area contributed by atoms with Gasteiger partial charge >= 0.3 is 0 Å². The fraction of sp³-hybridized carbons (Fsp3) is 0.345. The lowest BCUT2D eigenvalue weighted by molar-refractivity contribution is -0.151. The Morgan fingerprint density at radius 3 is 2.30 bits per heavy atom. The first-order valence-electron chi connectivity index (χ1n) is 12.1. The average Bonchev–Trinajstić information content (AvgIpc) is 3.30. The van der Waals surface area contributed by atoms with Crippen molar-refractivity contribution >= 4 is 21.7 Å². The lowest BCUT2D eigenvalue weighted by Crippen LogP contribution is -2.50. The predicted molar refractivity (Wildman–Crippen MR) is 140 cm³/mol. The molecule has 1 N–H and O–H groups in total. The van der Waals surface area contributed by atoms with E-state index < -0.39 is 17.1 Å². The normalized spacial score (nSPS) is 23.9. The van der Waals surface area contributed by atoms with Gasteiger partial charge in [-0.2, -0.15) is 0 Å². The molecular formula is C29H29BrO7. The van der Waals surface area contributed by atoms with Crippen molar-refractivity contribution in [3.8, 4) is 17.2 Å². The Hall–Kier alpha value is -2.91. The van der Waals surface area contributed by atoms with E-state index in [-0.39, 0.29) is 18.8 Å². The van der Waals surface area contributed by atoms with Gasteiger partial charge in [0.25, 0.3) is 0 Å². The number of methoxy groups -OCH3 is 2. The summed E-state index contributed by atoms with van der Waals surface area (Å²) in [7, 11) is 3.18. The molecule has 0 amide bonds. The van der Waals surface area contributed by atoms with Crippen LogP contribution in [0.25, 0.3) is 0 Å². The number of ketones is 1. The molecular weight excluding hydrogens is 540 g/mol. The summed E-state index contributed by atoms with van der Waals surface area (Å²) in [6.45, 7) is 1.28. The van der Waals surface area contributed by atoms with Gasteiger partial charge in [0.2, 0.25) is 0 Å². The van der Waals surface area contributed by atoms with E-state index in [1.165, 1.54) is 0 Å². The molecule has 5 rings (SSSR count). The molecule has 0 saturated heterocycles. The summed E-state index contributed by atoms with van der Waals surface area (Å²) in [5.74, 6) is 0.394. The summed E-state index contributed by atoms with van der Waals surface area (Å²) in [4.78, 5) is 13.9. The molecule has 8 heteroatoms. The van der Waals surface area contributed by atoms with E-state index in [0.717, 1.165) is 10.0 Å². The highest BCUT2D eigenvalue weighted by molar-refractivity contribution is 9.10. The minimum Gasteiger partial charge on any atom is -0.491 e. The zero-order chi connectivity index (χ0) is 26.0. The zero-order valence-corrected chi connectivity index (χ0v) is 22.3. The van der Waals surface area contributed by atoms with E-state index in [0.29, 0.717) is 48.2 Å².